The van der Waals surface area contributed by atoms with Crippen molar-refractivity contribution in [2.75, 3.05) is 31.1 Å². The number of nitrogens with zero attached hydrogens (tertiary/aromatic N) is 4. The molecule has 0 atom stereocenters. The van der Waals surface area contributed by atoms with Gasteiger partial charge in [0.05, 0.1) is 6.20 Å². The standard InChI is InChI=1S/C7H10BrN5/c8-6-5-10-7(12-11-6)13-3-1-9-2-4-13/h5,9H,1-4H2. The highest BCUT2D eigenvalue weighted by molar-refractivity contribution is 9.10. The third kappa shape index (κ3) is 2.13. The molecule has 0 saturated carbocycles. The van der Waals surface area contributed by atoms with Crippen LogP contribution in [0.1, 0.15) is 0 Å². The van der Waals surface area contributed by atoms with Gasteiger partial charge in [0.25, 0.3) is 0 Å². The molecule has 1 aliphatic rings. The molecule has 1 aliphatic heterocycles. The van der Waals surface area contributed by atoms with Gasteiger partial charge in [-0.3, -0.25) is 0 Å². The predicted octanol–water partition coefficient (Wildman–Crippen LogP) is 0.0437. The number of aromatic nitrogens is 3. The Kier molecular flexibility index (Phi) is 2.70. The lowest BCUT2D eigenvalue weighted by atomic mass is 10.4. The molecule has 1 aromatic rings. The monoisotopic (exact) mass is 243 g/mol. The summed E-state index contributed by atoms with van der Waals surface area (Å²) >= 11 is 3.20. The van der Waals surface area contributed by atoms with E-state index in [0.717, 1.165) is 26.2 Å². The third-order valence-corrected chi connectivity index (χ3v) is 2.28. The molecule has 0 radical (unpaired) electrons. The summed E-state index contributed by atoms with van der Waals surface area (Å²) in [6.07, 6.45) is 1.67. The molecule has 0 spiro atoms. The van der Waals surface area contributed by atoms with Crippen LogP contribution in [-0.4, -0.2) is 41.4 Å². The molecule has 6 heteroatoms. The Hall–Kier alpha value is -0.750. The second-order valence-electron chi connectivity index (χ2n) is 2.82. The third-order valence-electron chi connectivity index (χ3n) is 1.92. The minimum atomic E-state index is 0.673. The van der Waals surface area contributed by atoms with Crippen molar-refractivity contribution in [3.63, 3.8) is 0 Å². The van der Waals surface area contributed by atoms with E-state index in [2.05, 4.69) is 41.3 Å². The lowest BCUT2D eigenvalue weighted by Crippen LogP contribution is -2.44. The fourth-order valence-corrected chi connectivity index (χ4v) is 1.45. The van der Waals surface area contributed by atoms with Crippen molar-refractivity contribution in [2.45, 2.75) is 0 Å². The Balaban J connectivity index is 2.10. The molecule has 1 N–H and O–H groups in total. The normalized spacial score (nSPS) is 17.5. The lowest BCUT2D eigenvalue weighted by molar-refractivity contribution is 0.576. The maximum atomic E-state index is 4.18. The van der Waals surface area contributed by atoms with Gasteiger partial charge in [0.2, 0.25) is 5.95 Å². The molecule has 2 rings (SSSR count). The van der Waals surface area contributed by atoms with E-state index in [-0.39, 0.29) is 0 Å². The van der Waals surface area contributed by atoms with Gasteiger partial charge in [0.1, 0.15) is 4.60 Å². The first-order chi connectivity index (χ1) is 6.36. The second-order valence-corrected chi connectivity index (χ2v) is 3.63. The molecule has 0 unspecified atom stereocenters. The van der Waals surface area contributed by atoms with E-state index in [1.165, 1.54) is 0 Å². The molecule has 70 valence electrons. The smallest absolute Gasteiger partial charge is 0.245 e. The maximum Gasteiger partial charge on any atom is 0.245 e. The van der Waals surface area contributed by atoms with Crippen LogP contribution in [0.2, 0.25) is 0 Å². The van der Waals surface area contributed by atoms with Crippen molar-refractivity contribution in [1.82, 2.24) is 20.5 Å². The molecule has 2 heterocycles. The molecule has 5 nitrogen and oxygen atoms in total. The summed E-state index contributed by atoms with van der Waals surface area (Å²) < 4.78 is 0.673. The summed E-state index contributed by atoms with van der Waals surface area (Å²) in [4.78, 5) is 6.30. The fourth-order valence-electron chi connectivity index (χ4n) is 1.26. The maximum absolute atomic E-state index is 4.18. The van der Waals surface area contributed by atoms with Crippen molar-refractivity contribution in [2.24, 2.45) is 0 Å². The van der Waals surface area contributed by atoms with Gasteiger partial charge in [0, 0.05) is 26.2 Å². The van der Waals surface area contributed by atoms with Crippen LogP contribution in [0.3, 0.4) is 0 Å². The molecule has 1 fully saturated rings. The molecule has 0 amide bonds. The molecule has 0 bridgehead atoms. The summed E-state index contributed by atoms with van der Waals surface area (Å²) in [7, 11) is 0. The van der Waals surface area contributed by atoms with Gasteiger partial charge in [-0.15, -0.1) is 10.2 Å². The highest BCUT2D eigenvalue weighted by Crippen LogP contribution is 2.08. The van der Waals surface area contributed by atoms with Crippen LogP contribution >= 0.6 is 15.9 Å². The first-order valence-corrected chi connectivity index (χ1v) is 4.96. The molecule has 13 heavy (non-hydrogen) atoms. The van der Waals surface area contributed by atoms with Crippen molar-refractivity contribution in [3.8, 4) is 0 Å². The number of hydrogen-bond acceptors (Lipinski definition) is 5. The van der Waals surface area contributed by atoms with Gasteiger partial charge in [0.15, 0.2) is 0 Å². The van der Waals surface area contributed by atoms with E-state index in [1.807, 2.05) is 0 Å². The molecule has 1 aromatic heterocycles. The topological polar surface area (TPSA) is 53.9 Å². The van der Waals surface area contributed by atoms with Crippen molar-refractivity contribution >= 4 is 21.9 Å². The lowest BCUT2D eigenvalue weighted by Gasteiger charge is -2.26. The van der Waals surface area contributed by atoms with Gasteiger partial charge < -0.3 is 10.2 Å². The van der Waals surface area contributed by atoms with Crippen molar-refractivity contribution in [1.29, 1.82) is 0 Å². The predicted molar refractivity (Wildman–Crippen MR) is 52.6 cm³/mol. The number of anilines is 1. The van der Waals surface area contributed by atoms with Gasteiger partial charge >= 0.3 is 0 Å². The SMILES string of the molecule is Brc1cnc(N2CCNCC2)nn1. The summed E-state index contributed by atoms with van der Waals surface area (Å²) in [5.41, 5.74) is 0. The number of halogens is 1. The van der Waals surface area contributed by atoms with E-state index < -0.39 is 0 Å². The van der Waals surface area contributed by atoms with Crippen molar-refractivity contribution < 1.29 is 0 Å². The highest BCUT2D eigenvalue weighted by Gasteiger charge is 2.12. The summed E-state index contributed by atoms with van der Waals surface area (Å²) in [6, 6.07) is 0. The van der Waals surface area contributed by atoms with Crippen LogP contribution in [0.15, 0.2) is 10.8 Å². The summed E-state index contributed by atoms with van der Waals surface area (Å²) in [5, 5.41) is 11.2. The van der Waals surface area contributed by atoms with Gasteiger partial charge in [-0.25, -0.2) is 4.98 Å². The van der Waals surface area contributed by atoms with Crippen LogP contribution in [0, 0.1) is 0 Å². The fraction of sp³-hybridized carbons (Fsp3) is 0.571. The van der Waals surface area contributed by atoms with Crippen LogP contribution in [0.4, 0.5) is 5.95 Å². The number of piperazine rings is 1. The van der Waals surface area contributed by atoms with E-state index >= 15 is 0 Å². The Morgan fingerprint density at radius 1 is 1.31 bits per heavy atom. The van der Waals surface area contributed by atoms with E-state index in [1.54, 1.807) is 6.20 Å². The Bertz CT molecular complexity index is 269. The Morgan fingerprint density at radius 2 is 2.08 bits per heavy atom. The van der Waals surface area contributed by atoms with Crippen LogP contribution in [0.25, 0.3) is 0 Å². The zero-order valence-electron chi connectivity index (χ0n) is 7.07. The zero-order chi connectivity index (χ0) is 9.10. The quantitative estimate of drug-likeness (QED) is 0.756. The van der Waals surface area contributed by atoms with Crippen LogP contribution in [0.5, 0.6) is 0 Å². The molecule has 1 saturated heterocycles. The average Bonchev–Trinajstić information content (AvgIpc) is 2.20. The van der Waals surface area contributed by atoms with Crippen molar-refractivity contribution in [3.05, 3.63) is 10.8 Å². The van der Waals surface area contributed by atoms with Crippen LogP contribution < -0.4 is 10.2 Å². The highest BCUT2D eigenvalue weighted by atomic mass is 79.9. The first kappa shape index (κ1) is 8.83. The van der Waals surface area contributed by atoms with Crippen LogP contribution in [-0.2, 0) is 0 Å². The second kappa shape index (κ2) is 3.97. The van der Waals surface area contributed by atoms with E-state index in [9.17, 15) is 0 Å². The zero-order valence-corrected chi connectivity index (χ0v) is 8.66. The van der Waals surface area contributed by atoms with E-state index in [0.29, 0.717) is 10.6 Å². The van der Waals surface area contributed by atoms with Gasteiger partial charge in [-0.2, -0.15) is 0 Å². The number of rotatable bonds is 1. The van der Waals surface area contributed by atoms with Gasteiger partial charge in [-0.1, -0.05) is 0 Å². The number of nitrogens with one attached hydrogen (secondary N) is 1. The molecule has 0 aliphatic carbocycles. The molecular formula is C7H10BrN5. The van der Waals surface area contributed by atoms with Gasteiger partial charge in [-0.05, 0) is 15.9 Å². The average molecular weight is 244 g/mol. The molecular weight excluding hydrogens is 234 g/mol. The Morgan fingerprint density at radius 3 is 2.69 bits per heavy atom. The summed E-state index contributed by atoms with van der Waals surface area (Å²) in [6.45, 7) is 3.87. The first-order valence-electron chi connectivity index (χ1n) is 4.17. The summed E-state index contributed by atoms with van der Waals surface area (Å²) in [5.74, 6) is 0.713. The molecule has 0 aromatic carbocycles. The Labute approximate surface area is 84.7 Å². The number of hydrogen-bond donors (Lipinski definition) is 1. The van der Waals surface area contributed by atoms with E-state index in [4.69, 9.17) is 0 Å². The minimum absolute atomic E-state index is 0.673. The minimum Gasteiger partial charge on any atom is -0.337 e. The largest absolute Gasteiger partial charge is 0.337 e.